The van der Waals surface area contributed by atoms with Gasteiger partial charge in [-0.3, -0.25) is 4.79 Å². The zero-order chi connectivity index (χ0) is 6.62. The first-order chi connectivity index (χ1) is 3.56. The van der Waals surface area contributed by atoms with E-state index in [-0.39, 0.29) is 12.2 Å². The molecule has 0 atom stereocenters. The van der Waals surface area contributed by atoms with Gasteiger partial charge in [0, 0.05) is 0 Å². The highest BCUT2D eigenvalue weighted by molar-refractivity contribution is 5.51. The Bertz CT molecular complexity index is 71.1. The summed E-state index contributed by atoms with van der Waals surface area (Å²) in [6.07, 6.45) is 1.65. The molecule has 2 nitrogen and oxygen atoms in total. The molecule has 0 spiro atoms. The zero-order valence-corrected chi connectivity index (χ0v) is 5.52. The maximum atomic E-state index is 9.60. The van der Waals surface area contributed by atoms with Crippen molar-refractivity contribution in [2.75, 3.05) is 6.61 Å². The first-order valence-corrected chi connectivity index (χ1v) is 2.55. The van der Waals surface area contributed by atoms with E-state index in [0.29, 0.717) is 0 Å². The lowest BCUT2D eigenvalue weighted by molar-refractivity contribution is 0.0206. The number of hydrogen-bond donors (Lipinski definition) is 0. The molecule has 0 aliphatic carbocycles. The summed E-state index contributed by atoms with van der Waals surface area (Å²) in [4.78, 5) is 9.60. The smallest absolute Gasteiger partial charge is 0.226 e. The van der Waals surface area contributed by atoms with Gasteiger partial charge in [0.1, 0.15) is 6.61 Å². The first-order valence-electron chi connectivity index (χ1n) is 2.55. The Balaban J connectivity index is 3.24. The van der Waals surface area contributed by atoms with Gasteiger partial charge in [-0.2, -0.15) is 0 Å². The third kappa shape index (κ3) is 5.63. The minimum atomic E-state index is -0.211. The molecule has 0 bridgehead atoms. The molecule has 0 saturated carbocycles. The van der Waals surface area contributed by atoms with Crippen molar-refractivity contribution in [3.63, 3.8) is 0 Å². The van der Waals surface area contributed by atoms with Gasteiger partial charge in [-0.05, 0) is 20.8 Å². The predicted octanol–water partition coefficient (Wildman–Crippen LogP) is 0.911. The summed E-state index contributed by atoms with van der Waals surface area (Å²) >= 11 is 0. The SMILES string of the molecule is CC(C)(C)OC[C]=O. The van der Waals surface area contributed by atoms with Crippen LogP contribution in [-0.4, -0.2) is 18.5 Å². The van der Waals surface area contributed by atoms with E-state index in [4.69, 9.17) is 4.74 Å². The summed E-state index contributed by atoms with van der Waals surface area (Å²) in [6.45, 7) is 5.75. The topological polar surface area (TPSA) is 26.3 Å². The lowest BCUT2D eigenvalue weighted by Crippen LogP contribution is -2.19. The number of hydrogen-bond acceptors (Lipinski definition) is 2. The van der Waals surface area contributed by atoms with E-state index >= 15 is 0 Å². The van der Waals surface area contributed by atoms with E-state index < -0.39 is 0 Å². The molecule has 0 aliphatic rings. The highest BCUT2D eigenvalue weighted by atomic mass is 16.5. The van der Waals surface area contributed by atoms with Crippen LogP contribution in [0.1, 0.15) is 20.8 Å². The highest BCUT2D eigenvalue weighted by Crippen LogP contribution is 2.04. The van der Waals surface area contributed by atoms with Crippen molar-refractivity contribution in [2.45, 2.75) is 26.4 Å². The molecule has 0 aromatic heterocycles. The van der Waals surface area contributed by atoms with Crippen molar-refractivity contribution in [2.24, 2.45) is 0 Å². The van der Waals surface area contributed by atoms with Gasteiger partial charge in [-0.25, -0.2) is 0 Å². The summed E-state index contributed by atoms with van der Waals surface area (Å²) in [5, 5.41) is 0. The second-order valence-corrected chi connectivity index (χ2v) is 2.55. The van der Waals surface area contributed by atoms with Crippen LogP contribution in [0.15, 0.2) is 0 Å². The summed E-state index contributed by atoms with van der Waals surface area (Å²) in [6, 6.07) is 0. The second-order valence-electron chi connectivity index (χ2n) is 2.55. The Labute approximate surface area is 49.8 Å². The molecule has 0 fully saturated rings. The van der Waals surface area contributed by atoms with Crippen molar-refractivity contribution in [1.29, 1.82) is 0 Å². The Morgan fingerprint density at radius 1 is 1.50 bits per heavy atom. The Morgan fingerprint density at radius 2 is 2.00 bits per heavy atom. The molecule has 0 heterocycles. The lowest BCUT2D eigenvalue weighted by atomic mass is 10.2. The van der Waals surface area contributed by atoms with Crippen molar-refractivity contribution in [3.8, 4) is 0 Å². The van der Waals surface area contributed by atoms with E-state index in [2.05, 4.69) is 0 Å². The largest absolute Gasteiger partial charge is 0.368 e. The maximum Gasteiger partial charge on any atom is 0.226 e. The van der Waals surface area contributed by atoms with Crippen LogP contribution in [0.5, 0.6) is 0 Å². The highest BCUT2D eigenvalue weighted by Gasteiger charge is 2.08. The molecule has 0 saturated heterocycles. The second kappa shape index (κ2) is 2.82. The molecule has 1 radical (unpaired) electrons. The standard InChI is InChI=1S/C6H11O2/c1-6(2,3)8-5-4-7/h5H2,1-3H3. The molecule has 47 valence electrons. The molecule has 8 heavy (non-hydrogen) atoms. The van der Waals surface area contributed by atoms with Gasteiger partial charge in [0.25, 0.3) is 0 Å². The van der Waals surface area contributed by atoms with Crippen LogP contribution in [0.3, 0.4) is 0 Å². The number of rotatable bonds is 2. The van der Waals surface area contributed by atoms with Crippen LogP contribution in [0.25, 0.3) is 0 Å². The molecular weight excluding hydrogens is 104 g/mol. The van der Waals surface area contributed by atoms with Gasteiger partial charge in [-0.15, -0.1) is 0 Å². The van der Waals surface area contributed by atoms with Crippen molar-refractivity contribution in [3.05, 3.63) is 0 Å². The van der Waals surface area contributed by atoms with Gasteiger partial charge in [-0.1, -0.05) is 0 Å². The third-order valence-corrected chi connectivity index (χ3v) is 0.564. The summed E-state index contributed by atoms with van der Waals surface area (Å²) < 4.78 is 4.95. The predicted molar refractivity (Wildman–Crippen MR) is 31.4 cm³/mol. The van der Waals surface area contributed by atoms with Crippen molar-refractivity contribution < 1.29 is 9.53 Å². The van der Waals surface area contributed by atoms with Gasteiger partial charge < -0.3 is 4.74 Å². The minimum absolute atomic E-state index is 0.0729. The van der Waals surface area contributed by atoms with Crippen molar-refractivity contribution >= 4 is 6.29 Å². The van der Waals surface area contributed by atoms with Crippen LogP contribution < -0.4 is 0 Å². The fourth-order valence-electron chi connectivity index (χ4n) is 0.246. The van der Waals surface area contributed by atoms with Crippen LogP contribution in [0.2, 0.25) is 0 Å². The molecule has 0 amide bonds. The van der Waals surface area contributed by atoms with E-state index in [1.807, 2.05) is 20.8 Å². The minimum Gasteiger partial charge on any atom is -0.368 e. The molecule has 0 rings (SSSR count). The zero-order valence-electron chi connectivity index (χ0n) is 5.52. The van der Waals surface area contributed by atoms with Gasteiger partial charge >= 0.3 is 0 Å². The summed E-state index contributed by atoms with van der Waals surface area (Å²) in [5.74, 6) is 0. The average molecular weight is 115 g/mol. The molecule has 0 unspecified atom stereocenters. The van der Waals surface area contributed by atoms with E-state index in [9.17, 15) is 4.79 Å². The normalized spacial score (nSPS) is 11.4. The third-order valence-electron chi connectivity index (χ3n) is 0.564. The molecular formula is C6H11O2. The molecule has 2 heteroatoms. The fraction of sp³-hybridized carbons (Fsp3) is 0.833. The maximum absolute atomic E-state index is 9.60. The molecule has 0 aromatic rings. The first kappa shape index (κ1) is 7.63. The van der Waals surface area contributed by atoms with Crippen molar-refractivity contribution in [1.82, 2.24) is 0 Å². The average Bonchev–Trinajstić information content (AvgIpc) is 1.59. The number of carbonyl (C=O) groups excluding carboxylic acids is 1. The molecule has 0 N–H and O–H groups in total. The Morgan fingerprint density at radius 3 is 2.12 bits per heavy atom. The van der Waals surface area contributed by atoms with Gasteiger partial charge in [0.05, 0.1) is 5.60 Å². The monoisotopic (exact) mass is 115 g/mol. The summed E-state index contributed by atoms with van der Waals surface area (Å²) in [5.41, 5.74) is -0.211. The van der Waals surface area contributed by atoms with Gasteiger partial charge in [0.2, 0.25) is 6.29 Å². The molecule has 0 aromatic carbocycles. The number of ether oxygens (including phenoxy) is 1. The van der Waals surface area contributed by atoms with E-state index in [1.54, 1.807) is 6.29 Å². The molecule has 0 aliphatic heterocycles. The lowest BCUT2D eigenvalue weighted by Gasteiger charge is -2.16. The Kier molecular flexibility index (Phi) is 2.69. The van der Waals surface area contributed by atoms with E-state index in [1.165, 1.54) is 0 Å². The van der Waals surface area contributed by atoms with Crippen LogP contribution in [0, 0.1) is 0 Å². The fourth-order valence-corrected chi connectivity index (χ4v) is 0.246. The van der Waals surface area contributed by atoms with Gasteiger partial charge in [0.15, 0.2) is 0 Å². The Hall–Kier alpha value is -0.370. The van der Waals surface area contributed by atoms with E-state index in [0.717, 1.165) is 0 Å². The van der Waals surface area contributed by atoms with Crippen LogP contribution >= 0.6 is 0 Å². The van der Waals surface area contributed by atoms with Crippen LogP contribution in [0.4, 0.5) is 0 Å². The quantitative estimate of drug-likeness (QED) is 0.534. The summed E-state index contributed by atoms with van der Waals surface area (Å²) in [7, 11) is 0. The van der Waals surface area contributed by atoms with Crippen LogP contribution in [-0.2, 0) is 9.53 Å².